The summed E-state index contributed by atoms with van der Waals surface area (Å²) >= 11 is 9.02. The van der Waals surface area contributed by atoms with E-state index in [0.29, 0.717) is 22.7 Å². The molecule has 34 heavy (non-hydrogen) atoms. The summed E-state index contributed by atoms with van der Waals surface area (Å²) in [6, 6.07) is 16.6. The zero-order chi connectivity index (χ0) is 23.7. The third kappa shape index (κ3) is 4.89. The van der Waals surface area contributed by atoms with Crippen LogP contribution in [0.5, 0.6) is 0 Å². The number of thioether (sulfide) groups is 1. The molecule has 0 radical (unpaired) electrons. The molecule has 2 aromatic carbocycles. The van der Waals surface area contributed by atoms with Crippen LogP contribution in [0.25, 0.3) is 10.4 Å². The fourth-order valence-corrected chi connectivity index (χ4v) is 5.50. The van der Waals surface area contributed by atoms with Crippen molar-refractivity contribution < 1.29 is 9.18 Å². The molecule has 1 aromatic heterocycles. The van der Waals surface area contributed by atoms with Gasteiger partial charge in [-0.1, -0.05) is 47.6 Å². The van der Waals surface area contributed by atoms with Gasteiger partial charge in [-0.15, -0.1) is 11.3 Å². The lowest BCUT2D eigenvalue weighted by Gasteiger charge is -2.16. The first-order valence-corrected chi connectivity index (χ1v) is 12.8. The summed E-state index contributed by atoms with van der Waals surface area (Å²) in [5.74, 6) is -0.00157. The number of carbonyl (C=O) groups excluding carboxylic acids is 1. The molecule has 1 amide bonds. The van der Waals surface area contributed by atoms with Gasteiger partial charge in [-0.05, 0) is 59.0 Å². The summed E-state index contributed by atoms with van der Waals surface area (Å²) < 4.78 is 13.7. The molecule has 172 valence electrons. The zero-order valence-electron chi connectivity index (χ0n) is 17.8. The maximum absolute atomic E-state index is 13.7. The van der Waals surface area contributed by atoms with Gasteiger partial charge in [0.2, 0.25) is 0 Å². The molecule has 2 heterocycles. The van der Waals surface area contributed by atoms with Gasteiger partial charge in [-0.2, -0.15) is 0 Å². The van der Waals surface area contributed by atoms with Crippen LogP contribution in [-0.4, -0.2) is 23.2 Å². The number of anilines is 2. The molecule has 2 atom stereocenters. The van der Waals surface area contributed by atoms with E-state index in [1.54, 1.807) is 35.6 Å². The molecule has 5 nitrogen and oxygen atoms in total. The number of nitrogens with zero attached hydrogens (tertiary/aromatic N) is 1. The van der Waals surface area contributed by atoms with E-state index in [2.05, 4.69) is 15.6 Å². The first kappa shape index (κ1) is 22.7. The van der Waals surface area contributed by atoms with Crippen LogP contribution in [-0.2, 0) is 5.75 Å². The van der Waals surface area contributed by atoms with Crippen LogP contribution < -0.4 is 16.4 Å². The topological polar surface area (TPSA) is 79.5 Å². The summed E-state index contributed by atoms with van der Waals surface area (Å²) in [6.45, 7) is 0. The van der Waals surface area contributed by atoms with E-state index < -0.39 is 5.83 Å². The normalized spacial score (nSPS) is 18.9. The highest BCUT2D eigenvalue weighted by atomic mass is 35.5. The van der Waals surface area contributed by atoms with Crippen LogP contribution in [0.2, 0.25) is 0 Å². The van der Waals surface area contributed by atoms with Crippen LogP contribution >= 0.6 is 34.7 Å². The van der Waals surface area contributed by atoms with Gasteiger partial charge in [-0.25, -0.2) is 4.39 Å². The molecule has 0 saturated heterocycles. The summed E-state index contributed by atoms with van der Waals surface area (Å²) in [5.41, 5.74) is 9.76. The van der Waals surface area contributed by atoms with Crippen molar-refractivity contribution in [2.75, 3.05) is 11.1 Å². The number of benzene rings is 2. The molecule has 0 fully saturated rings. The van der Waals surface area contributed by atoms with Crippen LogP contribution in [0, 0.1) is 0 Å². The monoisotopic (exact) mass is 510 g/mol. The second kappa shape index (κ2) is 9.66. The van der Waals surface area contributed by atoms with Crippen molar-refractivity contribution in [3.05, 3.63) is 94.1 Å². The van der Waals surface area contributed by atoms with Gasteiger partial charge in [0.1, 0.15) is 5.83 Å². The second-order valence-corrected chi connectivity index (χ2v) is 10.2. The number of thiophene rings is 1. The van der Waals surface area contributed by atoms with Gasteiger partial charge in [0.15, 0.2) is 5.17 Å². The van der Waals surface area contributed by atoms with Crippen molar-refractivity contribution in [3.8, 4) is 10.4 Å². The number of rotatable bonds is 5. The Morgan fingerprint density at radius 3 is 2.79 bits per heavy atom. The molecule has 3 aromatic rings. The van der Waals surface area contributed by atoms with Crippen LogP contribution in [0.15, 0.2) is 88.0 Å². The Morgan fingerprint density at radius 1 is 1.21 bits per heavy atom. The minimum Gasteiger partial charge on any atom is -0.397 e. The smallest absolute Gasteiger partial charge is 0.255 e. The molecule has 2 unspecified atom stereocenters. The van der Waals surface area contributed by atoms with E-state index in [1.165, 1.54) is 17.8 Å². The molecular formula is C25H20ClFN4OS2. The molecule has 0 bridgehead atoms. The number of nitrogens with two attached hydrogens (primary N) is 1. The van der Waals surface area contributed by atoms with Gasteiger partial charge in [0, 0.05) is 16.2 Å². The summed E-state index contributed by atoms with van der Waals surface area (Å²) in [4.78, 5) is 18.4. The number of halogens is 2. The Bertz CT molecular complexity index is 1320. The van der Waals surface area contributed by atoms with Crippen molar-refractivity contribution >= 4 is 57.1 Å². The lowest BCUT2D eigenvalue weighted by molar-refractivity contribution is 0.102. The predicted molar refractivity (Wildman–Crippen MR) is 141 cm³/mol. The third-order valence-electron chi connectivity index (χ3n) is 5.49. The van der Waals surface area contributed by atoms with Gasteiger partial charge in [0.25, 0.3) is 5.91 Å². The minimum atomic E-state index is -0.436. The molecule has 1 aliphatic carbocycles. The summed E-state index contributed by atoms with van der Waals surface area (Å²) in [6.07, 6.45) is 3.08. The highest BCUT2D eigenvalue weighted by Crippen LogP contribution is 2.31. The standard InChI is InChI=1S/C25H20ClFN4OS2/c26-17-11-21-22(12-18(17)27)31-25(30-21)34-13-14-3-5-15(6-4-14)24(32)29-20-10-16(7-8-19(20)28)23-2-1-9-33-23/h1-12,21-22H,13,28H2,(H,29,32)(H,30,31). The van der Waals surface area contributed by atoms with Crippen molar-refractivity contribution in [2.45, 2.75) is 17.8 Å². The number of amides is 1. The Balaban J connectivity index is 1.20. The van der Waals surface area contributed by atoms with E-state index in [-0.39, 0.29) is 23.0 Å². The molecule has 1 aliphatic heterocycles. The van der Waals surface area contributed by atoms with Crippen LogP contribution in [0.4, 0.5) is 15.8 Å². The predicted octanol–water partition coefficient (Wildman–Crippen LogP) is 6.17. The van der Waals surface area contributed by atoms with Crippen LogP contribution in [0.1, 0.15) is 15.9 Å². The zero-order valence-corrected chi connectivity index (χ0v) is 20.2. The number of carbonyl (C=O) groups is 1. The van der Waals surface area contributed by atoms with Gasteiger partial charge < -0.3 is 16.4 Å². The number of nitrogens with one attached hydrogen (secondary N) is 2. The Hall–Kier alpha value is -3.07. The van der Waals surface area contributed by atoms with E-state index in [0.717, 1.165) is 21.2 Å². The number of aliphatic imine (C=N–C) groups is 1. The number of fused-ring (bicyclic) bond motifs is 1. The fraction of sp³-hybridized carbons (Fsp3) is 0.120. The Kier molecular flexibility index (Phi) is 6.45. The van der Waals surface area contributed by atoms with Gasteiger partial charge >= 0.3 is 0 Å². The van der Waals surface area contributed by atoms with Gasteiger partial charge in [-0.3, -0.25) is 9.79 Å². The highest BCUT2D eigenvalue weighted by Gasteiger charge is 2.30. The first-order chi connectivity index (χ1) is 16.5. The number of nitrogen functional groups attached to an aromatic ring is 1. The molecule has 5 rings (SSSR count). The van der Waals surface area contributed by atoms with E-state index in [4.69, 9.17) is 17.3 Å². The van der Waals surface area contributed by atoms with E-state index in [1.807, 2.05) is 41.8 Å². The van der Waals surface area contributed by atoms with E-state index >= 15 is 0 Å². The Labute approximate surface area is 209 Å². The number of hydrogen-bond acceptors (Lipinski definition) is 6. The quantitative estimate of drug-likeness (QED) is 0.359. The lowest BCUT2D eigenvalue weighted by Crippen LogP contribution is -2.32. The average Bonchev–Trinajstić information content (AvgIpc) is 3.50. The second-order valence-electron chi connectivity index (χ2n) is 7.84. The lowest BCUT2D eigenvalue weighted by atomic mass is 10.0. The summed E-state index contributed by atoms with van der Waals surface area (Å²) in [5, 5.41) is 9.04. The third-order valence-corrected chi connectivity index (χ3v) is 7.69. The minimum absolute atomic E-state index is 0.115. The maximum atomic E-state index is 13.7. The first-order valence-electron chi connectivity index (χ1n) is 10.5. The highest BCUT2D eigenvalue weighted by molar-refractivity contribution is 8.13. The van der Waals surface area contributed by atoms with Crippen molar-refractivity contribution in [2.24, 2.45) is 4.99 Å². The largest absolute Gasteiger partial charge is 0.397 e. The molecular weight excluding hydrogens is 491 g/mol. The molecule has 0 spiro atoms. The molecule has 0 saturated carbocycles. The van der Waals surface area contributed by atoms with Crippen molar-refractivity contribution in [1.82, 2.24) is 5.32 Å². The Morgan fingerprint density at radius 2 is 2.03 bits per heavy atom. The van der Waals surface area contributed by atoms with Crippen molar-refractivity contribution in [1.29, 1.82) is 0 Å². The van der Waals surface area contributed by atoms with Crippen LogP contribution in [0.3, 0.4) is 0 Å². The molecule has 4 N–H and O–H groups in total. The number of amidine groups is 1. The average molecular weight is 511 g/mol. The fourth-order valence-electron chi connectivity index (χ4n) is 3.67. The molecule has 2 aliphatic rings. The SMILES string of the molecule is Nc1ccc(-c2cccs2)cc1NC(=O)c1ccc(CSC2=NC3C=C(F)C(Cl)=CC3N2)cc1. The van der Waals surface area contributed by atoms with Gasteiger partial charge in [0.05, 0.1) is 28.5 Å². The number of hydrogen-bond donors (Lipinski definition) is 3. The maximum Gasteiger partial charge on any atom is 0.255 e. The van der Waals surface area contributed by atoms with Crippen molar-refractivity contribution in [3.63, 3.8) is 0 Å². The molecule has 9 heteroatoms. The van der Waals surface area contributed by atoms with E-state index in [9.17, 15) is 9.18 Å². The number of allylic oxidation sites excluding steroid dienone is 2. The summed E-state index contributed by atoms with van der Waals surface area (Å²) in [7, 11) is 0.